The molecule has 0 saturated heterocycles. The molecule has 1 heterocycles. The molecule has 35 heavy (non-hydrogen) atoms. The normalized spacial score (nSPS) is 15.8. The maximum atomic E-state index is 13.5. The zero-order valence-electron chi connectivity index (χ0n) is 18.8. The minimum Gasteiger partial charge on any atom is -0.487 e. The van der Waals surface area contributed by atoms with E-state index in [1.165, 1.54) is 11.9 Å². The lowest BCUT2D eigenvalue weighted by Crippen LogP contribution is -2.45. The van der Waals surface area contributed by atoms with Crippen molar-refractivity contribution in [2.75, 3.05) is 11.6 Å². The van der Waals surface area contributed by atoms with Crippen LogP contribution in [0, 0.1) is 6.92 Å². The van der Waals surface area contributed by atoms with Crippen LogP contribution in [0.1, 0.15) is 22.8 Å². The maximum absolute atomic E-state index is 13.5. The number of hydrazine groups is 1. The van der Waals surface area contributed by atoms with Gasteiger partial charge in [-0.25, -0.2) is 5.43 Å². The molecule has 1 N–H and O–H groups in total. The molecule has 0 bridgehead atoms. The fraction of sp³-hybridized carbons (Fsp3) is 0.192. The number of carbonyl (C=O) groups excluding carboxylic acids is 1. The molecule has 0 aromatic heterocycles. The molecule has 0 radical (unpaired) electrons. The number of Topliss-reactive ketones (excluding diaryl/α,β-unsaturated/α-hetero) is 1. The largest absolute Gasteiger partial charge is 0.487 e. The number of anilines is 1. The lowest BCUT2D eigenvalue weighted by Gasteiger charge is -2.26. The van der Waals surface area contributed by atoms with Crippen LogP contribution in [0.2, 0.25) is 10.0 Å². The van der Waals surface area contributed by atoms with Gasteiger partial charge >= 0.3 is 6.18 Å². The van der Waals surface area contributed by atoms with Crippen molar-refractivity contribution in [3.63, 3.8) is 0 Å². The van der Waals surface area contributed by atoms with Crippen LogP contribution in [0.3, 0.4) is 0 Å². The van der Waals surface area contributed by atoms with Gasteiger partial charge in [0.1, 0.15) is 18.4 Å². The number of nitrogens with one attached hydrogen (secondary N) is 1. The minimum atomic E-state index is -4.52. The number of rotatable bonds is 6. The molecule has 4 rings (SSSR count). The highest BCUT2D eigenvalue weighted by atomic mass is 35.5. The Balaban J connectivity index is 1.60. The molecular weight excluding hydrogens is 500 g/mol. The second kappa shape index (κ2) is 9.93. The highest BCUT2D eigenvalue weighted by Gasteiger charge is 2.44. The lowest BCUT2D eigenvalue weighted by molar-refractivity contribution is -0.142. The van der Waals surface area contributed by atoms with Gasteiger partial charge in [-0.2, -0.15) is 13.2 Å². The molecule has 1 atom stereocenters. The average Bonchev–Trinajstić information content (AvgIpc) is 3.22. The molecule has 0 fully saturated rings. The van der Waals surface area contributed by atoms with E-state index in [1.54, 1.807) is 36.4 Å². The fourth-order valence-corrected chi connectivity index (χ4v) is 4.46. The molecule has 4 nitrogen and oxygen atoms in total. The van der Waals surface area contributed by atoms with E-state index in [9.17, 15) is 18.0 Å². The molecular formula is C26H21Cl2F3N2O2. The summed E-state index contributed by atoms with van der Waals surface area (Å²) in [4.78, 5) is 12.0. The summed E-state index contributed by atoms with van der Waals surface area (Å²) in [5.41, 5.74) is 5.84. The van der Waals surface area contributed by atoms with Gasteiger partial charge in [0.05, 0.1) is 21.4 Å². The van der Waals surface area contributed by atoms with Crippen molar-refractivity contribution in [3.05, 3.63) is 93.6 Å². The summed E-state index contributed by atoms with van der Waals surface area (Å²) in [6.07, 6.45) is -3.47. The molecule has 9 heteroatoms. The molecule has 3 aromatic rings. The number of carbonyl (C=O) groups is 1. The van der Waals surface area contributed by atoms with Crippen LogP contribution in [0.25, 0.3) is 11.1 Å². The maximum Gasteiger partial charge on any atom is 0.409 e. The van der Waals surface area contributed by atoms with Crippen LogP contribution >= 0.6 is 23.2 Å². The fourth-order valence-electron chi connectivity index (χ4n) is 3.89. The monoisotopic (exact) mass is 520 g/mol. The van der Waals surface area contributed by atoms with Crippen LogP contribution in [0.15, 0.2) is 72.4 Å². The van der Waals surface area contributed by atoms with Gasteiger partial charge < -0.3 is 4.74 Å². The highest BCUT2D eigenvalue weighted by molar-refractivity contribution is 6.39. The van der Waals surface area contributed by atoms with Crippen molar-refractivity contribution in [1.29, 1.82) is 0 Å². The van der Waals surface area contributed by atoms with Gasteiger partial charge in [-0.15, -0.1) is 0 Å². The Labute approximate surface area is 210 Å². The molecule has 0 saturated carbocycles. The third-order valence-electron chi connectivity index (χ3n) is 5.60. The molecule has 1 aliphatic heterocycles. The summed E-state index contributed by atoms with van der Waals surface area (Å²) >= 11 is 12.5. The summed E-state index contributed by atoms with van der Waals surface area (Å²) < 4.78 is 46.4. The molecule has 3 aromatic carbocycles. The van der Waals surface area contributed by atoms with Crippen LogP contribution in [-0.2, 0) is 0 Å². The van der Waals surface area contributed by atoms with Crippen molar-refractivity contribution >= 4 is 34.7 Å². The van der Waals surface area contributed by atoms with Gasteiger partial charge in [0.25, 0.3) is 0 Å². The van der Waals surface area contributed by atoms with Crippen molar-refractivity contribution in [2.24, 2.45) is 0 Å². The Kier molecular flexibility index (Phi) is 7.12. The van der Waals surface area contributed by atoms with E-state index in [0.717, 1.165) is 22.8 Å². The summed E-state index contributed by atoms with van der Waals surface area (Å²) in [6.45, 7) is 3.18. The molecule has 0 spiro atoms. The van der Waals surface area contributed by atoms with Crippen LogP contribution in [0.4, 0.5) is 18.9 Å². The van der Waals surface area contributed by atoms with Gasteiger partial charge in [-0.05, 0) is 60.9 Å². The number of hydrogen-bond donors (Lipinski definition) is 1. The Morgan fingerprint density at radius 2 is 1.74 bits per heavy atom. The van der Waals surface area contributed by atoms with Crippen LogP contribution in [0.5, 0.6) is 5.75 Å². The van der Waals surface area contributed by atoms with E-state index >= 15 is 0 Å². The Morgan fingerprint density at radius 3 is 2.37 bits per heavy atom. The standard InChI is InChI=1S/C26H21Cl2F3N2O2/c1-15-12-17(20-7-4-3-6-19(20)16(2)34)10-11-23(15)35-14-18-13-24(26(29,30)31)32-33(18)25-21(27)8-5-9-22(25)28/h3-13,24,32H,14H2,1-2H3. The predicted molar refractivity (Wildman–Crippen MR) is 132 cm³/mol. The first-order chi connectivity index (χ1) is 16.6. The quantitative estimate of drug-likeness (QED) is 0.344. The second-order valence-electron chi connectivity index (χ2n) is 8.08. The Hall–Kier alpha value is -3.00. The third kappa shape index (κ3) is 5.32. The van der Waals surface area contributed by atoms with Gasteiger partial charge in [0, 0.05) is 5.56 Å². The van der Waals surface area contributed by atoms with E-state index in [4.69, 9.17) is 27.9 Å². The Bertz CT molecular complexity index is 1290. The number of ketones is 1. The number of hydrogen-bond acceptors (Lipinski definition) is 4. The zero-order chi connectivity index (χ0) is 25.3. The first kappa shape index (κ1) is 25.1. The van der Waals surface area contributed by atoms with E-state index in [-0.39, 0.29) is 33.8 Å². The van der Waals surface area contributed by atoms with E-state index in [1.807, 2.05) is 31.2 Å². The molecule has 1 aliphatic rings. The number of ether oxygens (including phenoxy) is 1. The van der Waals surface area contributed by atoms with Crippen molar-refractivity contribution < 1.29 is 22.7 Å². The van der Waals surface area contributed by atoms with Crippen LogP contribution in [-0.4, -0.2) is 24.6 Å². The molecule has 1 unspecified atom stereocenters. The average molecular weight is 521 g/mol. The SMILES string of the molecule is CC(=O)c1ccccc1-c1ccc(OCC2=CC(C(F)(F)F)NN2c2c(Cl)cccc2Cl)c(C)c1. The van der Waals surface area contributed by atoms with Gasteiger partial charge in [0.2, 0.25) is 0 Å². The highest BCUT2D eigenvalue weighted by Crippen LogP contribution is 2.38. The summed E-state index contributed by atoms with van der Waals surface area (Å²) in [5, 5.41) is 1.61. The second-order valence-corrected chi connectivity index (χ2v) is 8.90. The van der Waals surface area contributed by atoms with Gasteiger partial charge in [0.15, 0.2) is 5.78 Å². The smallest absolute Gasteiger partial charge is 0.409 e. The number of nitrogens with zero attached hydrogens (tertiary/aromatic N) is 1. The first-order valence-electron chi connectivity index (χ1n) is 10.7. The topological polar surface area (TPSA) is 41.6 Å². The third-order valence-corrected chi connectivity index (χ3v) is 6.21. The lowest BCUT2D eigenvalue weighted by atomic mass is 9.96. The molecule has 0 amide bonds. The molecule has 0 aliphatic carbocycles. The zero-order valence-corrected chi connectivity index (χ0v) is 20.3. The Morgan fingerprint density at radius 1 is 1.06 bits per heavy atom. The number of halogens is 5. The van der Waals surface area contributed by atoms with Crippen molar-refractivity contribution in [2.45, 2.75) is 26.1 Å². The predicted octanol–water partition coefficient (Wildman–Crippen LogP) is 7.39. The van der Waals surface area contributed by atoms with E-state index < -0.39 is 12.2 Å². The number of aryl methyl sites for hydroxylation is 1. The number of alkyl halides is 3. The number of para-hydroxylation sites is 1. The van der Waals surface area contributed by atoms with Crippen molar-refractivity contribution in [1.82, 2.24) is 5.43 Å². The first-order valence-corrected chi connectivity index (χ1v) is 11.4. The van der Waals surface area contributed by atoms with Gasteiger partial charge in [-0.1, -0.05) is 59.6 Å². The summed E-state index contributed by atoms with van der Waals surface area (Å²) in [6, 6.07) is 15.5. The van der Waals surface area contributed by atoms with Gasteiger partial charge in [-0.3, -0.25) is 9.80 Å². The van der Waals surface area contributed by atoms with E-state index in [0.29, 0.717) is 11.3 Å². The summed E-state index contributed by atoms with van der Waals surface area (Å²) in [5.74, 6) is 0.451. The van der Waals surface area contributed by atoms with Crippen LogP contribution < -0.4 is 15.2 Å². The minimum absolute atomic E-state index is 0.0446. The number of benzene rings is 3. The molecule has 182 valence electrons. The van der Waals surface area contributed by atoms with Crippen molar-refractivity contribution in [3.8, 4) is 16.9 Å². The van der Waals surface area contributed by atoms with E-state index in [2.05, 4.69) is 5.43 Å². The summed E-state index contributed by atoms with van der Waals surface area (Å²) in [7, 11) is 0.